The Balaban J connectivity index is 1.58. The van der Waals surface area contributed by atoms with E-state index in [0.717, 1.165) is 24.4 Å². The normalized spacial score (nSPS) is 17.8. The van der Waals surface area contributed by atoms with Crippen molar-refractivity contribution in [1.29, 1.82) is 0 Å². The zero-order valence-corrected chi connectivity index (χ0v) is 13.0. The van der Waals surface area contributed by atoms with Gasteiger partial charge in [-0.15, -0.1) is 5.10 Å². The number of likely N-dealkylation sites (tertiary alicyclic amines) is 1. The first-order valence-corrected chi connectivity index (χ1v) is 7.91. The third-order valence-electron chi connectivity index (χ3n) is 4.01. The molecule has 0 unspecified atom stereocenters. The quantitative estimate of drug-likeness (QED) is 0.811. The van der Waals surface area contributed by atoms with Gasteiger partial charge in [0.25, 0.3) is 4.84 Å². The Morgan fingerprint density at radius 2 is 1.91 bits per heavy atom. The van der Waals surface area contributed by atoms with Crippen molar-refractivity contribution in [2.24, 2.45) is 0 Å². The maximum Gasteiger partial charge on any atom is 0.288 e. The highest BCUT2D eigenvalue weighted by atomic mass is 32.1. The van der Waals surface area contributed by atoms with Crippen LogP contribution < -0.4 is 9.47 Å². The molecule has 0 spiro atoms. The van der Waals surface area contributed by atoms with E-state index in [1.165, 1.54) is 19.3 Å². The topological polar surface area (TPSA) is 52.7 Å². The molecule has 1 fully saturated rings. The van der Waals surface area contributed by atoms with E-state index in [4.69, 9.17) is 26.1 Å². The lowest BCUT2D eigenvalue weighted by molar-refractivity contribution is 0.170. The van der Waals surface area contributed by atoms with E-state index in [1.807, 2.05) is 18.2 Å². The Hall–Kier alpha value is -1.86. The molecule has 2 aliphatic heterocycles. The molecule has 1 aromatic carbocycles. The number of benzene rings is 1. The van der Waals surface area contributed by atoms with E-state index >= 15 is 0 Å². The Morgan fingerprint density at radius 3 is 2.77 bits per heavy atom. The molecule has 0 amide bonds. The predicted octanol–water partition coefficient (Wildman–Crippen LogP) is 3.04. The van der Waals surface area contributed by atoms with E-state index in [9.17, 15) is 0 Å². The van der Waals surface area contributed by atoms with Gasteiger partial charge in [0.2, 0.25) is 12.7 Å². The average Bonchev–Trinajstić information content (AvgIpc) is 3.15. The van der Waals surface area contributed by atoms with Gasteiger partial charge in [0, 0.05) is 5.56 Å². The highest BCUT2D eigenvalue weighted by Crippen LogP contribution is 2.35. The van der Waals surface area contributed by atoms with Gasteiger partial charge in [0.1, 0.15) is 0 Å². The number of nitrogens with zero attached hydrogens (tertiary/aromatic N) is 3. The number of piperidine rings is 1. The zero-order valence-electron chi connectivity index (χ0n) is 12.2. The van der Waals surface area contributed by atoms with Crippen molar-refractivity contribution in [2.75, 3.05) is 19.9 Å². The predicted molar refractivity (Wildman–Crippen MR) is 82.3 cm³/mol. The molecule has 6 nitrogen and oxygen atoms in total. The van der Waals surface area contributed by atoms with Crippen LogP contribution in [0.2, 0.25) is 0 Å². The van der Waals surface area contributed by atoms with Crippen LogP contribution in [0.4, 0.5) is 0 Å². The van der Waals surface area contributed by atoms with Crippen LogP contribution in [0.5, 0.6) is 11.5 Å². The smallest absolute Gasteiger partial charge is 0.288 e. The fourth-order valence-electron chi connectivity index (χ4n) is 2.83. The monoisotopic (exact) mass is 319 g/mol. The summed E-state index contributed by atoms with van der Waals surface area (Å²) >= 11 is 5.29. The molecule has 0 atom stereocenters. The molecule has 0 saturated carbocycles. The second-order valence-corrected chi connectivity index (χ2v) is 5.91. The zero-order chi connectivity index (χ0) is 14.9. The minimum Gasteiger partial charge on any atom is -0.454 e. The molecule has 2 aliphatic rings. The molecule has 116 valence electrons. The van der Waals surface area contributed by atoms with Crippen LogP contribution in [0.1, 0.15) is 19.3 Å². The fraction of sp³-hybridized carbons (Fsp3) is 0.467. The summed E-state index contributed by atoms with van der Waals surface area (Å²) in [4.78, 5) is 2.75. The summed E-state index contributed by atoms with van der Waals surface area (Å²) in [6, 6.07) is 5.63. The Labute approximate surface area is 133 Å². The summed E-state index contributed by atoms with van der Waals surface area (Å²) in [6.07, 6.45) is 3.78. The van der Waals surface area contributed by atoms with Gasteiger partial charge in [-0.2, -0.15) is 0 Å². The largest absolute Gasteiger partial charge is 0.454 e. The molecule has 0 N–H and O–H groups in total. The van der Waals surface area contributed by atoms with E-state index in [1.54, 1.807) is 4.68 Å². The van der Waals surface area contributed by atoms with Gasteiger partial charge in [-0.05, 0) is 56.3 Å². The van der Waals surface area contributed by atoms with Crippen molar-refractivity contribution in [3.05, 3.63) is 23.0 Å². The lowest BCUT2D eigenvalue weighted by atomic mass is 10.1. The molecular formula is C15H17N3O3S. The molecule has 1 aromatic heterocycles. The van der Waals surface area contributed by atoms with E-state index in [0.29, 0.717) is 23.1 Å². The first kappa shape index (κ1) is 13.8. The van der Waals surface area contributed by atoms with Crippen LogP contribution in [-0.2, 0) is 6.67 Å². The maximum absolute atomic E-state index is 5.65. The molecule has 3 heterocycles. The van der Waals surface area contributed by atoms with Crippen LogP contribution in [0, 0.1) is 4.84 Å². The molecule has 0 aliphatic carbocycles. The Kier molecular flexibility index (Phi) is 3.59. The first-order valence-electron chi connectivity index (χ1n) is 7.50. The van der Waals surface area contributed by atoms with Crippen molar-refractivity contribution >= 4 is 12.2 Å². The fourth-order valence-corrected chi connectivity index (χ4v) is 3.01. The van der Waals surface area contributed by atoms with Gasteiger partial charge in [-0.3, -0.25) is 4.90 Å². The third-order valence-corrected chi connectivity index (χ3v) is 4.30. The number of ether oxygens (including phenoxy) is 2. The molecule has 7 heteroatoms. The summed E-state index contributed by atoms with van der Waals surface area (Å²) in [5.41, 5.74) is 0.841. The molecule has 4 rings (SSSR count). The van der Waals surface area contributed by atoms with E-state index < -0.39 is 0 Å². The number of fused-ring (bicyclic) bond motifs is 1. The summed E-state index contributed by atoms with van der Waals surface area (Å²) in [6.45, 7) is 3.13. The van der Waals surface area contributed by atoms with Crippen LogP contribution in [0.3, 0.4) is 0 Å². The highest BCUT2D eigenvalue weighted by molar-refractivity contribution is 7.71. The molecular weight excluding hydrogens is 302 g/mol. The number of aromatic nitrogens is 2. The van der Waals surface area contributed by atoms with Crippen LogP contribution in [0.25, 0.3) is 11.5 Å². The summed E-state index contributed by atoms with van der Waals surface area (Å²) in [7, 11) is 0. The molecule has 2 aromatic rings. The lowest BCUT2D eigenvalue weighted by Gasteiger charge is -2.25. The Morgan fingerprint density at radius 1 is 1.09 bits per heavy atom. The van der Waals surface area contributed by atoms with Crippen molar-refractivity contribution in [1.82, 2.24) is 14.7 Å². The average molecular weight is 319 g/mol. The van der Waals surface area contributed by atoms with Crippen molar-refractivity contribution in [2.45, 2.75) is 25.9 Å². The van der Waals surface area contributed by atoms with Gasteiger partial charge < -0.3 is 13.9 Å². The maximum atomic E-state index is 5.65. The third kappa shape index (κ3) is 2.62. The second-order valence-electron chi connectivity index (χ2n) is 5.56. The van der Waals surface area contributed by atoms with Gasteiger partial charge in [-0.1, -0.05) is 6.42 Å². The van der Waals surface area contributed by atoms with E-state index in [-0.39, 0.29) is 6.79 Å². The minimum absolute atomic E-state index is 0.256. The number of rotatable bonds is 3. The van der Waals surface area contributed by atoms with Crippen molar-refractivity contribution < 1.29 is 13.9 Å². The summed E-state index contributed by atoms with van der Waals surface area (Å²) < 4.78 is 18.1. The number of hydrogen-bond donors (Lipinski definition) is 0. The van der Waals surface area contributed by atoms with Crippen molar-refractivity contribution in [3.8, 4) is 23.0 Å². The van der Waals surface area contributed by atoms with Crippen molar-refractivity contribution in [3.63, 3.8) is 0 Å². The molecule has 22 heavy (non-hydrogen) atoms. The highest BCUT2D eigenvalue weighted by Gasteiger charge is 2.18. The number of hydrogen-bond acceptors (Lipinski definition) is 6. The summed E-state index contributed by atoms with van der Waals surface area (Å²) in [5.74, 6) is 1.97. The van der Waals surface area contributed by atoms with Gasteiger partial charge >= 0.3 is 0 Å². The van der Waals surface area contributed by atoms with Gasteiger partial charge in [0.15, 0.2) is 11.5 Å². The molecule has 0 bridgehead atoms. The molecule has 1 saturated heterocycles. The van der Waals surface area contributed by atoms with E-state index in [2.05, 4.69) is 10.00 Å². The van der Waals surface area contributed by atoms with Crippen LogP contribution in [0.15, 0.2) is 22.6 Å². The Bertz CT molecular complexity index is 734. The van der Waals surface area contributed by atoms with Crippen LogP contribution in [-0.4, -0.2) is 34.6 Å². The first-order chi connectivity index (χ1) is 10.8. The summed E-state index contributed by atoms with van der Waals surface area (Å²) in [5, 5.41) is 4.51. The minimum atomic E-state index is 0.256. The SMILES string of the molecule is S=c1oc(-c2ccc3c(c2)OCO3)nn1CN1CCCCC1. The van der Waals surface area contributed by atoms with Gasteiger partial charge in [0.05, 0.1) is 6.67 Å². The van der Waals surface area contributed by atoms with Crippen LogP contribution >= 0.6 is 12.2 Å². The molecule has 0 radical (unpaired) electrons. The lowest BCUT2D eigenvalue weighted by Crippen LogP contribution is -2.32. The van der Waals surface area contributed by atoms with Gasteiger partial charge in [-0.25, -0.2) is 4.68 Å². The second kappa shape index (κ2) is 5.73. The standard InChI is InChI=1S/C15H17N3O3S/c22-15-18(9-17-6-2-1-3-7-17)16-14(21-15)11-4-5-12-13(8-11)20-10-19-12/h4-5,8H,1-3,6-7,9-10H2.